The Bertz CT molecular complexity index is 421. The van der Waals surface area contributed by atoms with Crippen molar-refractivity contribution in [2.24, 2.45) is 4.99 Å². The summed E-state index contributed by atoms with van der Waals surface area (Å²) in [5.74, 6) is 1.10. The maximum Gasteiger partial charge on any atom is 0.147 e. The highest BCUT2D eigenvalue weighted by Crippen LogP contribution is 2.37. The summed E-state index contributed by atoms with van der Waals surface area (Å²) in [5, 5.41) is 2.11. The van der Waals surface area contributed by atoms with Gasteiger partial charge in [-0.15, -0.1) is 11.3 Å². The predicted molar refractivity (Wildman–Crippen MR) is 65.5 cm³/mol. The van der Waals surface area contributed by atoms with Crippen molar-refractivity contribution >= 4 is 45.5 Å². The van der Waals surface area contributed by atoms with E-state index in [0.29, 0.717) is 0 Å². The van der Waals surface area contributed by atoms with Crippen molar-refractivity contribution in [1.29, 1.82) is 0 Å². The first-order valence-corrected chi connectivity index (χ1v) is 6.58. The van der Waals surface area contributed by atoms with Gasteiger partial charge in [-0.05, 0) is 17.9 Å². The van der Waals surface area contributed by atoms with Crippen LogP contribution in [0.3, 0.4) is 0 Å². The van der Waals surface area contributed by atoms with Gasteiger partial charge in [-0.3, -0.25) is 4.99 Å². The Morgan fingerprint density at radius 3 is 3.36 bits per heavy atom. The van der Waals surface area contributed by atoms with Gasteiger partial charge >= 0.3 is 0 Å². The summed E-state index contributed by atoms with van der Waals surface area (Å²) in [7, 11) is 0. The van der Waals surface area contributed by atoms with Crippen molar-refractivity contribution in [2.45, 2.75) is 11.3 Å². The highest BCUT2D eigenvalue weighted by Gasteiger charge is 2.29. The Balaban J connectivity index is 2.16. The maximum absolute atomic E-state index is 5.36. The molecule has 3 heterocycles. The second-order valence-corrected chi connectivity index (χ2v) is 5.78. The van der Waals surface area contributed by atoms with Gasteiger partial charge in [0.15, 0.2) is 0 Å². The third-order valence-corrected chi connectivity index (χ3v) is 4.77. The van der Waals surface area contributed by atoms with E-state index in [1.807, 2.05) is 0 Å². The van der Waals surface area contributed by atoms with Gasteiger partial charge in [0, 0.05) is 18.0 Å². The minimum absolute atomic E-state index is 0.941. The lowest BCUT2D eigenvalue weighted by molar-refractivity contribution is 0.562. The molecule has 0 radical (unpaired) electrons. The Morgan fingerprint density at radius 2 is 2.43 bits per heavy atom. The van der Waals surface area contributed by atoms with Crippen LogP contribution in [0.4, 0.5) is 0 Å². The molecule has 2 aliphatic heterocycles. The molecule has 0 aromatic carbocycles. The van der Waals surface area contributed by atoms with E-state index < -0.39 is 0 Å². The van der Waals surface area contributed by atoms with Crippen LogP contribution in [-0.2, 0) is 0 Å². The van der Waals surface area contributed by atoms with E-state index in [0.717, 1.165) is 29.7 Å². The topological polar surface area (TPSA) is 15.6 Å². The van der Waals surface area contributed by atoms with Crippen LogP contribution in [0.5, 0.6) is 0 Å². The van der Waals surface area contributed by atoms with Crippen molar-refractivity contribution in [3.05, 3.63) is 16.3 Å². The quantitative estimate of drug-likeness (QED) is 0.648. The van der Waals surface area contributed by atoms with Crippen molar-refractivity contribution in [3.8, 4) is 0 Å². The standard InChI is InChI=1S/C9H8N2S3/c12-9-11-4-1-3-10-8(11)7-6(14-9)2-5-13-7/h2,5H,1,3-4H2. The van der Waals surface area contributed by atoms with Crippen LogP contribution in [0.25, 0.3) is 0 Å². The Kier molecular flexibility index (Phi) is 2.11. The fourth-order valence-corrected chi connectivity index (χ4v) is 4.07. The van der Waals surface area contributed by atoms with Crippen molar-refractivity contribution in [2.75, 3.05) is 13.1 Å². The number of hydrogen-bond donors (Lipinski definition) is 0. The van der Waals surface area contributed by atoms with E-state index in [9.17, 15) is 0 Å². The van der Waals surface area contributed by atoms with E-state index in [2.05, 4.69) is 21.3 Å². The summed E-state index contributed by atoms with van der Waals surface area (Å²) in [6, 6.07) is 2.13. The van der Waals surface area contributed by atoms with Gasteiger partial charge in [0.2, 0.25) is 0 Å². The summed E-state index contributed by atoms with van der Waals surface area (Å²) < 4.78 is 0.953. The zero-order valence-corrected chi connectivity index (χ0v) is 9.84. The van der Waals surface area contributed by atoms with Gasteiger partial charge in [0.25, 0.3) is 0 Å². The lowest BCUT2D eigenvalue weighted by atomic mass is 10.3. The molecule has 3 rings (SSSR count). The Morgan fingerprint density at radius 1 is 1.50 bits per heavy atom. The maximum atomic E-state index is 5.36. The zero-order chi connectivity index (χ0) is 9.54. The summed E-state index contributed by atoms with van der Waals surface area (Å²) in [4.78, 5) is 9.31. The minimum Gasteiger partial charge on any atom is -0.311 e. The SMILES string of the molecule is S=C1Sc2ccsc2C2=NCCCN12. The third-order valence-electron chi connectivity index (χ3n) is 2.31. The number of nitrogens with zero attached hydrogens (tertiary/aromatic N) is 2. The van der Waals surface area contributed by atoms with E-state index in [-0.39, 0.29) is 0 Å². The van der Waals surface area contributed by atoms with E-state index in [1.165, 1.54) is 9.77 Å². The molecular formula is C9H8N2S3. The smallest absolute Gasteiger partial charge is 0.147 e. The van der Waals surface area contributed by atoms with E-state index >= 15 is 0 Å². The highest BCUT2D eigenvalue weighted by atomic mass is 32.2. The third kappa shape index (κ3) is 1.23. The second-order valence-electron chi connectivity index (χ2n) is 3.19. The lowest BCUT2D eigenvalue weighted by Crippen LogP contribution is -2.40. The van der Waals surface area contributed by atoms with E-state index in [1.54, 1.807) is 23.1 Å². The molecule has 5 heteroatoms. The number of thiophene rings is 1. The van der Waals surface area contributed by atoms with Gasteiger partial charge in [0.1, 0.15) is 10.2 Å². The predicted octanol–water partition coefficient (Wildman–Crippen LogP) is 2.59. The van der Waals surface area contributed by atoms with E-state index in [4.69, 9.17) is 12.2 Å². The molecule has 0 amide bonds. The van der Waals surface area contributed by atoms with Crippen molar-refractivity contribution in [1.82, 2.24) is 4.90 Å². The summed E-state index contributed by atoms with van der Waals surface area (Å²) in [6.45, 7) is 1.97. The number of fused-ring (bicyclic) bond motifs is 3. The van der Waals surface area contributed by atoms with Crippen LogP contribution in [0.1, 0.15) is 11.3 Å². The van der Waals surface area contributed by atoms with Gasteiger partial charge < -0.3 is 4.90 Å². The van der Waals surface area contributed by atoms with Crippen LogP contribution in [0.2, 0.25) is 0 Å². The van der Waals surface area contributed by atoms with Gasteiger partial charge in [-0.2, -0.15) is 0 Å². The molecule has 1 aromatic heterocycles. The van der Waals surface area contributed by atoms with Gasteiger partial charge in [-0.1, -0.05) is 24.0 Å². The van der Waals surface area contributed by atoms with Crippen LogP contribution >= 0.6 is 35.3 Å². The first kappa shape index (κ1) is 8.88. The number of thioether (sulfide) groups is 1. The zero-order valence-electron chi connectivity index (χ0n) is 7.40. The molecule has 14 heavy (non-hydrogen) atoms. The average Bonchev–Trinajstić information content (AvgIpc) is 2.66. The lowest BCUT2D eigenvalue weighted by Gasteiger charge is -2.32. The number of rotatable bonds is 0. The van der Waals surface area contributed by atoms with Gasteiger partial charge in [0.05, 0.1) is 4.88 Å². The molecule has 0 saturated carbocycles. The first-order chi connectivity index (χ1) is 6.86. The number of thiocarbonyl (C=S) groups is 1. The van der Waals surface area contributed by atoms with Crippen molar-refractivity contribution < 1.29 is 0 Å². The molecule has 0 atom stereocenters. The molecule has 1 aromatic rings. The Labute approximate surface area is 96.0 Å². The largest absolute Gasteiger partial charge is 0.311 e. The van der Waals surface area contributed by atoms with Crippen LogP contribution < -0.4 is 0 Å². The molecule has 2 nitrogen and oxygen atoms in total. The number of aliphatic imine (C=N–C) groups is 1. The molecule has 0 N–H and O–H groups in total. The molecule has 0 saturated heterocycles. The fourth-order valence-electron chi connectivity index (χ4n) is 1.67. The average molecular weight is 240 g/mol. The summed E-state index contributed by atoms with van der Waals surface area (Å²) >= 11 is 8.81. The monoisotopic (exact) mass is 240 g/mol. The number of hydrogen-bond acceptors (Lipinski definition) is 4. The molecule has 72 valence electrons. The fraction of sp³-hybridized carbons (Fsp3) is 0.333. The summed E-state index contributed by atoms with van der Waals surface area (Å²) in [5.41, 5.74) is 0. The van der Waals surface area contributed by atoms with Crippen LogP contribution in [0, 0.1) is 0 Å². The van der Waals surface area contributed by atoms with Crippen LogP contribution in [0.15, 0.2) is 21.3 Å². The molecular weight excluding hydrogens is 232 g/mol. The van der Waals surface area contributed by atoms with Crippen LogP contribution in [-0.4, -0.2) is 28.1 Å². The Hall–Kier alpha value is -0.390. The number of amidine groups is 1. The van der Waals surface area contributed by atoms with Gasteiger partial charge in [-0.25, -0.2) is 0 Å². The molecule has 0 fully saturated rings. The molecule has 2 aliphatic rings. The minimum atomic E-state index is 0.941. The molecule has 0 bridgehead atoms. The molecule has 0 unspecified atom stereocenters. The second kappa shape index (κ2) is 3.32. The normalized spacial score (nSPS) is 20.1. The van der Waals surface area contributed by atoms with Crippen molar-refractivity contribution in [3.63, 3.8) is 0 Å². The molecule has 0 aliphatic carbocycles. The first-order valence-electron chi connectivity index (χ1n) is 4.48. The molecule has 0 spiro atoms. The highest BCUT2D eigenvalue weighted by molar-refractivity contribution is 8.23. The summed E-state index contributed by atoms with van der Waals surface area (Å²) in [6.07, 6.45) is 1.12.